The molecule has 3 unspecified atom stereocenters. The molecule has 4 N–H and O–H groups in total. The Bertz CT molecular complexity index is 1990. The summed E-state index contributed by atoms with van der Waals surface area (Å²) < 4.78 is 36.1. The largest absolute Gasteiger partial charge is 0.456 e. The minimum Gasteiger partial charge on any atom is -0.456 e. The van der Waals surface area contributed by atoms with E-state index in [2.05, 4.69) is 5.32 Å². The third-order valence-electron chi connectivity index (χ3n) is 13.1. The van der Waals surface area contributed by atoms with Crippen molar-refractivity contribution < 1.29 is 67.7 Å². The van der Waals surface area contributed by atoms with Crippen LogP contribution in [0.25, 0.3) is 0 Å². The Hall–Kier alpha value is -4.67. The molecule has 0 radical (unpaired) electrons. The van der Waals surface area contributed by atoms with E-state index in [0.29, 0.717) is 11.1 Å². The first-order chi connectivity index (χ1) is 28.4. The van der Waals surface area contributed by atoms with E-state index in [-0.39, 0.29) is 24.0 Å². The average molecular weight is 852 g/mol. The molecule has 0 spiro atoms. The minimum atomic E-state index is -2.31. The SMILES string of the molecule is CC[C@@]1(OC(C)=O)C2C(OC(=O)c3ccccc3)[C@]3(O)CC(OC(=O)[C@H](O)[C@@H](NC(=O)OC(C)(C)C)c4ccccc4)C(C)=C([C@@H](OC)C(=O)[C@]2(C)[C@@H](OC)C[C@H]1O)C3(C)C. The van der Waals surface area contributed by atoms with E-state index in [1.54, 1.807) is 104 Å². The predicted octanol–water partition coefficient (Wildman–Crippen LogP) is 4.94. The maximum absolute atomic E-state index is 15.6. The van der Waals surface area contributed by atoms with E-state index in [4.69, 9.17) is 28.4 Å². The number of methoxy groups -OCH3 is 2. The molecular formula is C46H61NO14. The number of nitrogens with one attached hydrogen (secondary N) is 1. The lowest BCUT2D eigenvalue weighted by Gasteiger charge is -2.65. The van der Waals surface area contributed by atoms with Crippen molar-refractivity contribution >= 4 is 29.8 Å². The van der Waals surface area contributed by atoms with Crippen molar-refractivity contribution in [2.24, 2.45) is 16.7 Å². The molecule has 334 valence electrons. The number of benzene rings is 2. The highest BCUT2D eigenvalue weighted by atomic mass is 16.6. The van der Waals surface area contributed by atoms with Crippen LogP contribution in [-0.4, -0.2) is 113 Å². The zero-order chi connectivity index (χ0) is 45.5. The van der Waals surface area contributed by atoms with Gasteiger partial charge in [0.25, 0.3) is 0 Å². The standard InChI is InChI=1S/C46H61NO14/c1-12-45(60-26(3)48)30(49)23-31(56-10)44(9)36(45)38(59-39(52)28-21-17-14-18-22-28)46(55)24-29(25(2)32(43(46,7)8)35(57-11)37(44)51)58-40(53)34(50)33(27-19-15-13-16-20-27)47-41(54)61-42(4,5)6/h13-22,29-31,33-36,38,49-50,55H,12,23-24H2,1-11H3,(H,47,54)/t29?,30-,31+,33+,34-,35-,36?,38?,44-,45+,46-/m1/s1. The number of hydrogen-bond acceptors (Lipinski definition) is 14. The molecule has 2 aromatic carbocycles. The van der Waals surface area contributed by atoms with Gasteiger partial charge < -0.3 is 49.1 Å². The lowest BCUT2D eigenvalue weighted by atomic mass is 9.45. The molecule has 2 saturated carbocycles. The molecule has 5 rings (SSSR count). The van der Waals surface area contributed by atoms with Crippen molar-refractivity contribution in [2.45, 2.75) is 141 Å². The van der Waals surface area contributed by atoms with Gasteiger partial charge in [-0.1, -0.05) is 69.3 Å². The van der Waals surface area contributed by atoms with Gasteiger partial charge in [-0.3, -0.25) is 9.59 Å². The van der Waals surface area contributed by atoms with Gasteiger partial charge in [0.2, 0.25) is 0 Å². The Morgan fingerprint density at radius 2 is 1.52 bits per heavy atom. The molecule has 15 nitrogen and oxygen atoms in total. The Morgan fingerprint density at radius 1 is 0.934 bits per heavy atom. The number of carbonyl (C=O) groups excluding carboxylic acids is 5. The molecule has 0 saturated heterocycles. The maximum atomic E-state index is 15.6. The second kappa shape index (κ2) is 17.6. The lowest BCUT2D eigenvalue weighted by Crippen LogP contribution is -2.78. The second-order valence-corrected chi connectivity index (χ2v) is 18.1. The number of carbonyl (C=O) groups is 5. The molecule has 0 aromatic heterocycles. The van der Waals surface area contributed by atoms with E-state index >= 15 is 4.79 Å². The van der Waals surface area contributed by atoms with E-state index in [1.165, 1.54) is 26.4 Å². The molecule has 2 fully saturated rings. The van der Waals surface area contributed by atoms with Crippen LogP contribution in [0, 0.1) is 16.7 Å². The smallest absolute Gasteiger partial charge is 0.408 e. The molecule has 2 aromatic rings. The molecule has 1 amide bonds. The van der Waals surface area contributed by atoms with Crippen LogP contribution in [0.4, 0.5) is 4.79 Å². The van der Waals surface area contributed by atoms with Crippen molar-refractivity contribution in [3.05, 3.63) is 82.9 Å². The topological polar surface area (TPSA) is 213 Å². The van der Waals surface area contributed by atoms with Crippen LogP contribution in [0.2, 0.25) is 0 Å². The van der Waals surface area contributed by atoms with E-state index in [9.17, 15) is 34.5 Å². The highest BCUT2D eigenvalue weighted by molar-refractivity contribution is 5.94. The summed E-state index contributed by atoms with van der Waals surface area (Å²) in [6.45, 7) is 14.3. The first-order valence-corrected chi connectivity index (χ1v) is 20.5. The van der Waals surface area contributed by atoms with Gasteiger partial charge in [-0.05, 0) is 69.9 Å². The minimum absolute atomic E-state index is 0.0941. The number of amides is 1. The van der Waals surface area contributed by atoms with Gasteiger partial charge in [0.15, 0.2) is 11.9 Å². The molecule has 3 aliphatic carbocycles. The Balaban J connectivity index is 1.74. The zero-order valence-corrected chi connectivity index (χ0v) is 36.8. The summed E-state index contributed by atoms with van der Waals surface area (Å²) in [7, 11) is 2.68. The van der Waals surface area contributed by atoms with Crippen LogP contribution >= 0.6 is 0 Å². The number of aliphatic hydroxyl groups is 3. The van der Waals surface area contributed by atoms with Gasteiger partial charge in [0.05, 0.1) is 35.1 Å². The second-order valence-electron chi connectivity index (χ2n) is 18.1. The Labute approximate surface area is 357 Å². The first kappa shape index (κ1) is 47.4. The molecule has 0 aliphatic heterocycles. The number of rotatable bonds is 11. The number of aliphatic hydroxyl groups excluding tert-OH is 2. The number of esters is 3. The van der Waals surface area contributed by atoms with Gasteiger partial charge >= 0.3 is 24.0 Å². The average Bonchev–Trinajstić information content (AvgIpc) is 3.20. The number of ketones is 1. The molecule has 11 atom stereocenters. The van der Waals surface area contributed by atoms with Gasteiger partial charge in [-0.15, -0.1) is 0 Å². The molecular weight excluding hydrogens is 790 g/mol. The fourth-order valence-corrected chi connectivity index (χ4v) is 10.1. The number of Topliss-reactive ketones (excluding diaryl/α,β-unsaturated/α-hetero) is 1. The van der Waals surface area contributed by atoms with Gasteiger partial charge in [-0.2, -0.15) is 0 Å². The summed E-state index contributed by atoms with van der Waals surface area (Å²) in [5.74, 6) is -5.00. The highest BCUT2D eigenvalue weighted by Gasteiger charge is 2.75. The van der Waals surface area contributed by atoms with Crippen molar-refractivity contribution in [1.29, 1.82) is 0 Å². The van der Waals surface area contributed by atoms with E-state index in [1.807, 2.05) is 0 Å². The summed E-state index contributed by atoms with van der Waals surface area (Å²) in [5.41, 5.74) is -7.52. The monoisotopic (exact) mass is 851 g/mol. The lowest BCUT2D eigenvalue weighted by molar-refractivity contribution is -0.286. The highest BCUT2D eigenvalue weighted by Crippen LogP contribution is 2.63. The number of ether oxygens (including phenoxy) is 6. The van der Waals surface area contributed by atoms with E-state index in [0.717, 1.165) is 6.92 Å². The summed E-state index contributed by atoms with van der Waals surface area (Å²) in [6, 6.07) is 14.8. The predicted molar refractivity (Wildman–Crippen MR) is 220 cm³/mol. The van der Waals surface area contributed by atoms with Gasteiger partial charge in [0.1, 0.15) is 35.1 Å². The Kier molecular flexibility index (Phi) is 13.7. The van der Waals surface area contributed by atoms with Gasteiger partial charge in [-0.25, -0.2) is 14.4 Å². The van der Waals surface area contributed by atoms with Crippen LogP contribution in [-0.2, 0) is 42.8 Å². The third-order valence-corrected chi connectivity index (χ3v) is 13.1. The van der Waals surface area contributed by atoms with Crippen LogP contribution < -0.4 is 5.32 Å². The van der Waals surface area contributed by atoms with Crippen molar-refractivity contribution in [3.63, 3.8) is 0 Å². The molecule has 3 aliphatic rings. The summed E-state index contributed by atoms with van der Waals surface area (Å²) in [4.78, 5) is 70.3. The Morgan fingerprint density at radius 3 is 2.05 bits per heavy atom. The fourth-order valence-electron chi connectivity index (χ4n) is 10.1. The fraction of sp³-hybridized carbons (Fsp3) is 0.587. The van der Waals surface area contributed by atoms with Crippen molar-refractivity contribution in [1.82, 2.24) is 5.32 Å². The van der Waals surface area contributed by atoms with Crippen LogP contribution in [0.3, 0.4) is 0 Å². The van der Waals surface area contributed by atoms with Crippen molar-refractivity contribution in [3.8, 4) is 0 Å². The molecule has 15 heteroatoms. The summed E-state index contributed by atoms with van der Waals surface area (Å²) in [5, 5.41) is 40.1. The molecule has 2 bridgehead atoms. The number of hydrogen-bond donors (Lipinski definition) is 4. The van der Waals surface area contributed by atoms with Crippen LogP contribution in [0.1, 0.15) is 104 Å². The third kappa shape index (κ3) is 8.47. The van der Waals surface area contributed by atoms with E-state index < -0.39 is 112 Å². The molecule has 0 heterocycles. The van der Waals surface area contributed by atoms with Gasteiger partial charge in [0, 0.05) is 39.4 Å². The van der Waals surface area contributed by atoms with Crippen LogP contribution in [0.5, 0.6) is 0 Å². The zero-order valence-electron chi connectivity index (χ0n) is 36.8. The molecule has 61 heavy (non-hydrogen) atoms. The summed E-state index contributed by atoms with van der Waals surface area (Å²) in [6.07, 6.45) is -10.9. The quantitative estimate of drug-likeness (QED) is 0.134. The normalized spacial score (nSPS) is 31.9. The first-order valence-electron chi connectivity index (χ1n) is 20.5. The summed E-state index contributed by atoms with van der Waals surface area (Å²) >= 11 is 0. The van der Waals surface area contributed by atoms with Crippen molar-refractivity contribution in [2.75, 3.05) is 14.2 Å². The number of fused-ring (bicyclic) bond motifs is 3. The maximum Gasteiger partial charge on any atom is 0.408 e. The van der Waals surface area contributed by atoms with Crippen LogP contribution in [0.15, 0.2) is 71.8 Å². The number of alkyl carbamates (subject to hydrolysis) is 1.